The predicted octanol–water partition coefficient (Wildman–Crippen LogP) is 1.33. The monoisotopic (exact) mass is 362 g/mol. The molecule has 0 saturated heterocycles. The molecule has 2 aromatic rings. The van der Waals surface area contributed by atoms with E-state index in [0.717, 1.165) is 25.8 Å². The van der Waals surface area contributed by atoms with Gasteiger partial charge in [0, 0.05) is 22.9 Å². The molecule has 0 aromatic carbocycles. The normalized spacial score (nSPS) is 22.7. The van der Waals surface area contributed by atoms with E-state index in [0.29, 0.717) is 6.54 Å². The first-order valence-corrected chi connectivity index (χ1v) is 10.0. The van der Waals surface area contributed by atoms with Crippen LogP contribution in [0.3, 0.4) is 0 Å². The van der Waals surface area contributed by atoms with Crippen LogP contribution in [-0.4, -0.2) is 31.1 Å². The quantitative estimate of drug-likeness (QED) is 0.768. The molecule has 2 aromatic heterocycles. The average molecular weight is 363 g/mol. The number of carbonyl (C=O) groups excluding carboxylic acids is 2. The Balaban J connectivity index is 1.47. The second kappa shape index (κ2) is 6.66. The number of carbonyl (C=O) groups is 2. The number of fused-ring (bicyclic) bond motifs is 1. The van der Waals surface area contributed by atoms with Crippen LogP contribution in [0.15, 0.2) is 29.0 Å². The van der Waals surface area contributed by atoms with Crippen molar-refractivity contribution in [2.45, 2.75) is 31.3 Å². The Morgan fingerprint density at radius 2 is 2.08 bits per heavy atom. The van der Waals surface area contributed by atoms with Crippen molar-refractivity contribution in [2.24, 2.45) is 0 Å². The maximum atomic E-state index is 12.3. The topological polar surface area (TPSA) is 62.6 Å². The van der Waals surface area contributed by atoms with Crippen molar-refractivity contribution in [3.8, 4) is 0 Å². The van der Waals surface area contributed by atoms with Crippen molar-refractivity contribution >= 4 is 34.6 Å². The second-order valence-corrected chi connectivity index (χ2v) is 8.36. The third-order valence-corrected chi connectivity index (χ3v) is 6.49. The zero-order chi connectivity index (χ0) is 16.5. The Morgan fingerprint density at radius 1 is 1.21 bits per heavy atom. The molecule has 7 heteroatoms. The van der Waals surface area contributed by atoms with Crippen LogP contribution < -0.4 is 15.5 Å². The van der Waals surface area contributed by atoms with Crippen molar-refractivity contribution in [2.75, 3.05) is 13.1 Å². The summed E-state index contributed by atoms with van der Waals surface area (Å²) in [5, 5.41) is 9.49. The third kappa shape index (κ3) is 3.38. The highest BCUT2D eigenvalue weighted by Crippen LogP contribution is 2.31. The molecule has 126 valence electrons. The van der Waals surface area contributed by atoms with E-state index in [2.05, 4.69) is 39.6 Å². The number of quaternary nitrogens is 1. The van der Waals surface area contributed by atoms with Crippen LogP contribution in [0.2, 0.25) is 0 Å². The number of thiophene rings is 2. The van der Waals surface area contributed by atoms with Crippen LogP contribution in [-0.2, 0) is 11.2 Å². The number of rotatable bonds is 4. The van der Waals surface area contributed by atoms with Crippen molar-refractivity contribution < 1.29 is 14.5 Å². The molecule has 0 spiro atoms. The minimum absolute atomic E-state index is 0.192. The summed E-state index contributed by atoms with van der Waals surface area (Å²) in [4.78, 5) is 28.0. The fourth-order valence-corrected chi connectivity index (χ4v) is 5.10. The molecule has 3 amide bonds. The first-order chi connectivity index (χ1) is 11.7. The van der Waals surface area contributed by atoms with E-state index >= 15 is 0 Å². The Labute approximate surface area is 148 Å². The van der Waals surface area contributed by atoms with Crippen molar-refractivity contribution in [3.63, 3.8) is 0 Å². The molecule has 1 unspecified atom stereocenters. The molecule has 2 atom stereocenters. The molecule has 24 heavy (non-hydrogen) atoms. The summed E-state index contributed by atoms with van der Waals surface area (Å²) in [6.45, 7) is 1.23. The first-order valence-electron chi connectivity index (χ1n) is 8.25. The maximum absolute atomic E-state index is 12.3. The lowest BCUT2D eigenvalue weighted by molar-refractivity contribution is -0.919. The Morgan fingerprint density at radius 3 is 2.83 bits per heavy atom. The van der Waals surface area contributed by atoms with Gasteiger partial charge in [0.1, 0.15) is 6.04 Å². The lowest BCUT2D eigenvalue weighted by atomic mass is 9.98. The van der Waals surface area contributed by atoms with Crippen LogP contribution >= 0.6 is 22.7 Å². The van der Waals surface area contributed by atoms with Gasteiger partial charge < -0.3 is 10.2 Å². The molecular weight excluding hydrogens is 342 g/mol. The van der Waals surface area contributed by atoms with E-state index < -0.39 is 0 Å². The van der Waals surface area contributed by atoms with E-state index in [1.165, 1.54) is 20.2 Å². The molecule has 2 aliphatic rings. The molecule has 1 saturated carbocycles. The van der Waals surface area contributed by atoms with Gasteiger partial charge in [-0.1, -0.05) is 6.07 Å². The minimum Gasteiger partial charge on any atom is -0.335 e. The first kappa shape index (κ1) is 15.8. The average Bonchev–Trinajstić information content (AvgIpc) is 3.04. The number of amides is 3. The summed E-state index contributed by atoms with van der Waals surface area (Å²) in [6.07, 6.45) is 3.02. The standard InChI is InChI=1S/C17H19N3O2S2/c21-15(19-17(22)18-11-3-4-11)10-20-7-5-13-12(6-9-24-13)16(20)14-2-1-8-23-14/h1-2,6,8-9,11,16H,3-5,7,10H2,(H2,18,19,21,22)/p+1/t16-/m1/s1. The van der Waals surface area contributed by atoms with Crippen LogP contribution in [0.5, 0.6) is 0 Å². The number of imide groups is 1. The number of hydrogen-bond acceptors (Lipinski definition) is 4. The van der Waals surface area contributed by atoms with Crippen molar-refractivity contribution in [1.82, 2.24) is 10.6 Å². The highest BCUT2D eigenvalue weighted by molar-refractivity contribution is 7.10. The van der Waals surface area contributed by atoms with Gasteiger partial charge in [-0.15, -0.1) is 22.7 Å². The number of hydrogen-bond donors (Lipinski definition) is 3. The SMILES string of the molecule is O=C(C[NH+]1CCc2sccc2[C@@H]1c1cccs1)NC(=O)NC1CC1. The highest BCUT2D eigenvalue weighted by atomic mass is 32.1. The van der Waals surface area contributed by atoms with Gasteiger partial charge in [-0.05, 0) is 35.7 Å². The molecule has 3 heterocycles. The summed E-state index contributed by atoms with van der Waals surface area (Å²) in [6, 6.07) is 6.47. The van der Waals surface area contributed by atoms with Gasteiger partial charge in [0.05, 0.1) is 11.4 Å². The van der Waals surface area contributed by atoms with Crippen molar-refractivity contribution in [3.05, 3.63) is 44.3 Å². The fraction of sp³-hybridized carbons (Fsp3) is 0.412. The summed E-state index contributed by atoms with van der Waals surface area (Å²) in [5.41, 5.74) is 1.33. The van der Waals surface area contributed by atoms with Crippen LogP contribution in [0.1, 0.15) is 34.2 Å². The van der Waals surface area contributed by atoms with Crippen LogP contribution in [0, 0.1) is 0 Å². The molecule has 1 aliphatic heterocycles. The molecule has 0 radical (unpaired) electrons. The number of urea groups is 1. The Bertz CT molecular complexity index is 737. The van der Waals surface area contributed by atoms with Gasteiger partial charge in [0.2, 0.25) is 0 Å². The third-order valence-electron chi connectivity index (χ3n) is 4.55. The zero-order valence-electron chi connectivity index (χ0n) is 13.2. The second-order valence-electron chi connectivity index (χ2n) is 6.38. The molecule has 3 N–H and O–H groups in total. The summed E-state index contributed by atoms with van der Waals surface area (Å²) < 4.78 is 0. The zero-order valence-corrected chi connectivity index (χ0v) is 14.8. The van der Waals surface area contributed by atoms with Gasteiger partial charge in [-0.3, -0.25) is 10.1 Å². The summed E-state index contributed by atoms with van der Waals surface area (Å²) in [7, 11) is 0. The Hall–Kier alpha value is -1.70. The Kier molecular flexibility index (Phi) is 4.39. The number of nitrogens with one attached hydrogen (secondary N) is 3. The largest absolute Gasteiger partial charge is 0.335 e. The summed E-state index contributed by atoms with van der Waals surface area (Å²) >= 11 is 3.53. The lowest BCUT2D eigenvalue weighted by Crippen LogP contribution is -3.14. The maximum Gasteiger partial charge on any atom is 0.321 e. The smallest absolute Gasteiger partial charge is 0.321 e. The van der Waals surface area contributed by atoms with Gasteiger partial charge in [0.25, 0.3) is 5.91 Å². The minimum atomic E-state index is -0.359. The van der Waals surface area contributed by atoms with E-state index in [1.807, 2.05) is 0 Å². The van der Waals surface area contributed by atoms with E-state index in [-0.39, 0.29) is 24.0 Å². The van der Waals surface area contributed by atoms with Gasteiger partial charge in [0.15, 0.2) is 6.54 Å². The molecule has 1 aliphatic carbocycles. The fourth-order valence-electron chi connectivity index (χ4n) is 3.28. The highest BCUT2D eigenvalue weighted by Gasteiger charge is 2.35. The van der Waals surface area contributed by atoms with E-state index in [9.17, 15) is 9.59 Å². The van der Waals surface area contributed by atoms with E-state index in [1.54, 1.807) is 22.7 Å². The van der Waals surface area contributed by atoms with Gasteiger partial charge in [-0.2, -0.15) is 0 Å². The molecule has 1 fully saturated rings. The molecular formula is C17H20N3O2S2+. The van der Waals surface area contributed by atoms with E-state index in [4.69, 9.17) is 0 Å². The van der Waals surface area contributed by atoms with Gasteiger partial charge >= 0.3 is 6.03 Å². The predicted molar refractivity (Wildman–Crippen MR) is 94.6 cm³/mol. The summed E-state index contributed by atoms with van der Waals surface area (Å²) in [5.74, 6) is -0.205. The molecule has 4 rings (SSSR count). The lowest BCUT2D eigenvalue weighted by Gasteiger charge is -2.31. The molecule has 5 nitrogen and oxygen atoms in total. The van der Waals surface area contributed by atoms with Gasteiger partial charge in [-0.25, -0.2) is 4.79 Å². The van der Waals surface area contributed by atoms with Crippen molar-refractivity contribution in [1.29, 1.82) is 0 Å². The van der Waals surface area contributed by atoms with Crippen LogP contribution in [0.25, 0.3) is 0 Å². The van der Waals surface area contributed by atoms with Crippen LogP contribution in [0.4, 0.5) is 4.79 Å². The molecule has 0 bridgehead atoms.